The molecule has 2 aliphatic heterocycles. The number of nitrogens with one attached hydrogen (secondary N) is 1. The van der Waals surface area contributed by atoms with Gasteiger partial charge in [-0.1, -0.05) is 6.07 Å². The van der Waals surface area contributed by atoms with Gasteiger partial charge in [-0.05, 0) is 44.2 Å². The Hall–Kier alpha value is -1.22. The predicted molar refractivity (Wildman–Crippen MR) is 72.3 cm³/mol. The second-order valence-electron chi connectivity index (χ2n) is 5.54. The van der Waals surface area contributed by atoms with Crippen LogP contribution >= 0.6 is 0 Å². The van der Waals surface area contributed by atoms with Crippen LogP contribution in [-0.4, -0.2) is 25.4 Å². The minimum absolute atomic E-state index is 0.0939. The Morgan fingerprint density at radius 2 is 2.33 bits per heavy atom. The molecule has 1 N–H and O–H groups in total. The number of fused-ring (bicyclic) bond motifs is 1. The molecule has 3 nitrogen and oxygen atoms in total. The average Bonchev–Trinajstić information content (AvgIpc) is 2.84. The summed E-state index contributed by atoms with van der Waals surface area (Å²) in [7, 11) is 0. The monoisotopic (exact) mass is 247 g/mol. The largest absolute Gasteiger partial charge is 0.491 e. The number of rotatable bonds is 3. The highest BCUT2D eigenvalue weighted by Gasteiger charge is 2.30. The number of benzene rings is 1. The van der Waals surface area contributed by atoms with Crippen molar-refractivity contribution in [2.45, 2.75) is 38.2 Å². The summed E-state index contributed by atoms with van der Waals surface area (Å²) < 4.78 is 11.6. The van der Waals surface area contributed by atoms with Crippen LogP contribution in [0.25, 0.3) is 0 Å². The van der Waals surface area contributed by atoms with Crippen molar-refractivity contribution in [3.63, 3.8) is 0 Å². The molecule has 0 aromatic heterocycles. The van der Waals surface area contributed by atoms with Crippen LogP contribution in [0.3, 0.4) is 0 Å². The van der Waals surface area contributed by atoms with Crippen molar-refractivity contribution in [3.8, 4) is 5.75 Å². The van der Waals surface area contributed by atoms with Gasteiger partial charge in [0.25, 0.3) is 0 Å². The van der Waals surface area contributed by atoms with Gasteiger partial charge in [-0.15, -0.1) is 0 Å². The smallest absolute Gasteiger partial charge is 0.121 e. The molecule has 3 rings (SSSR count). The zero-order valence-corrected chi connectivity index (χ0v) is 11.0. The molecular formula is C15H21NO2. The Balaban J connectivity index is 1.66. The standard InChI is InChI=1S/C15H21NO2/c1-15(7-3-9-18-15)11-17-13-6-5-12-4-2-8-16-14(12)10-13/h5-6,10,16H,2-4,7-9,11H2,1H3. The molecule has 0 amide bonds. The fourth-order valence-electron chi connectivity index (χ4n) is 2.72. The summed E-state index contributed by atoms with van der Waals surface area (Å²) in [4.78, 5) is 0. The van der Waals surface area contributed by atoms with Gasteiger partial charge in [-0.2, -0.15) is 0 Å². The van der Waals surface area contributed by atoms with Gasteiger partial charge in [0, 0.05) is 24.9 Å². The molecule has 1 aromatic carbocycles. The Kier molecular flexibility index (Phi) is 3.16. The van der Waals surface area contributed by atoms with Crippen LogP contribution in [0.15, 0.2) is 18.2 Å². The van der Waals surface area contributed by atoms with E-state index in [0.717, 1.165) is 31.7 Å². The summed E-state index contributed by atoms with van der Waals surface area (Å²) in [5.74, 6) is 0.944. The molecule has 98 valence electrons. The Morgan fingerprint density at radius 1 is 1.39 bits per heavy atom. The SMILES string of the molecule is CC1(COc2ccc3c(c2)NCCC3)CCCO1. The first-order valence-electron chi connectivity index (χ1n) is 6.89. The van der Waals surface area contributed by atoms with Gasteiger partial charge < -0.3 is 14.8 Å². The maximum Gasteiger partial charge on any atom is 0.121 e. The number of aryl methyl sites for hydroxylation is 1. The summed E-state index contributed by atoms with van der Waals surface area (Å²) in [6.07, 6.45) is 4.63. The van der Waals surface area contributed by atoms with E-state index in [2.05, 4.69) is 30.4 Å². The lowest BCUT2D eigenvalue weighted by Crippen LogP contribution is -2.31. The summed E-state index contributed by atoms with van der Waals surface area (Å²) >= 11 is 0. The van der Waals surface area contributed by atoms with Gasteiger partial charge in [-0.3, -0.25) is 0 Å². The zero-order valence-electron chi connectivity index (χ0n) is 11.0. The highest BCUT2D eigenvalue weighted by atomic mass is 16.5. The Morgan fingerprint density at radius 3 is 3.17 bits per heavy atom. The Labute approximate surface area is 108 Å². The molecule has 2 aliphatic rings. The lowest BCUT2D eigenvalue weighted by Gasteiger charge is -2.24. The molecule has 1 fully saturated rings. The molecule has 3 heteroatoms. The molecule has 0 saturated carbocycles. The fourth-order valence-corrected chi connectivity index (χ4v) is 2.72. The van der Waals surface area contributed by atoms with E-state index in [1.807, 2.05) is 0 Å². The van der Waals surface area contributed by atoms with Crippen LogP contribution in [0.1, 0.15) is 31.7 Å². The molecule has 0 aliphatic carbocycles. The third kappa shape index (κ3) is 2.46. The van der Waals surface area contributed by atoms with Crippen molar-refractivity contribution in [1.29, 1.82) is 0 Å². The van der Waals surface area contributed by atoms with Crippen molar-refractivity contribution in [2.75, 3.05) is 25.1 Å². The van der Waals surface area contributed by atoms with Crippen molar-refractivity contribution in [3.05, 3.63) is 23.8 Å². The molecule has 0 spiro atoms. The topological polar surface area (TPSA) is 30.5 Å². The van der Waals surface area contributed by atoms with Crippen LogP contribution in [0, 0.1) is 0 Å². The number of anilines is 1. The summed E-state index contributed by atoms with van der Waals surface area (Å²) in [5, 5.41) is 3.43. The maximum absolute atomic E-state index is 5.89. The lowest BCUT2D eigenvalue weighted by atomic mass is 10.0. The highest BCUT2D eigenvalue weighted by Crippen LogP contribution is 2.29. The first-order chi connectivity index (χ1) is 8.75. The van der Waals surface area contributed by atoms with Crippen molar-refractivity contribution >= 4 is 5.69 Å². The minimum Gasteiger partial charge on any atom is -0.491 e. The summed E-state index contributed by atoms with van der Waals surface area (Å²) in [6, 6.07) is 6.37. The molecule has 1 saturated heterocycles. The van der Waals surface area contributed by atoms with Crippen LogP contribution < -0.4 is 10.1 Å². The van der Waals surface area contributed by atoms with E-state index < -0.39 is 0 Å². The van der Waals surface area contributed by atoms with E-state index in [9.17, 15) is 0 Å². The average molecular weight is 247 g/mol. The Bertz CT molecular complexity index is 425. The minimum atomic E-state index is -0.0939. The van der Waals surface area contributed by atoms with E-state index in [4.69, 9.17) is 9.47 Å². The molecule has 1 aromatic rings. The predicted octanol–water partition coefficient (Wildman–Crippen LogP) is 2.99. The van der Waals surface area contributed by atoms with E-state index in [1.165, 1.54) is 24.1 Å². The third-order valence-corrected chi connectivity index (χ3v) is 3.86. The van der Waals surface area contributed by atoms with E-state index in [0.29, 0.717) is 6.61 Å². The van der Waals surface area contributed by atoms with Gasteiger partial charge in [0.2, 0.25) is 0 Å². The fraction of sp³-hybridized carbons (Fsp3) is 0.600. The van der Waals surface area contributed by atoms with Crippen LogP contribution in [0.2, 0.25) is 0 Å². The summed E-state index contributed by atoms with van der Waals surface area (Å²) in [6.45, 7) is 4.71. The van der Waals surface area contributed by atoms with Gasteiger partial charge in [0.1, 0.15) is 12.4 Å². The molecule has 0 bridgehead atoms. The maximum atomic E-state index is 5.89. The molecule has 0 radical (unpaired) electrons. The first kappa shape index (κ1) is 11.8. The third-order valence-electron chi connectivity index (χ3n) is 3.86. The van der Waals surface area contributed by atoms with Crippen LogP contribution in [0.5, 0.6) is 5.75 Å². The van der Waals surface area contributed by atoms with E-state index in [1.54, 1.807) is 0 Å². The summed E-state index contributed by atoms with van der Waals surface area (Å²) in [5.41, 5.74) is 2.54. The van der Waals surface area contributed by atoms with Crippen molar-refractivity contribution in [2.24, 2.45) is 0 Å². The second kappa shape index (κ2) is 4.81. The van der Waals surface area contributed by atoms with Crippen molar-refractivity contribution < 1.29 is 9.47 Å². The lowest BCUT2D eigenvalue weighted by molar-refractivity contribution is -0.0158. The number of ether oxygens (including phenoxy) is 2. The van der Waals surface area contributed by atoms with E-state index in [-0.39, 0.29) is 5.60 Å². The second-order valence-corrected chi connectivity index (χ2v) is 5.54. The van der Waals surface area contributed by atoms with Crippen LogP contribution in [-0.2, 0) is 11.2 Å². The normalized spacial score (nSPS) is 26.5. The van der Waals surface area contributed by atoms with Crippen LogP contribution in [0.4, 0.5) is 5.69 Å². The van der Waals surface area contributed by atoms with E-state index >= 15 is 0 Å². The quantitative estimate of drug-likeness (QED) is 0.890. The molecule has 18 heavy (non-hydrogen) atoms. The molecular weight excluding hydrogens is 226 g/mol. The number of hydrogen-bond donors (Lipinski definition) is 1. The zero-order chi connectivity index (χ0) is 12.4. The first-order valence-corrected chi connectivity index (χ1v) is 6.89. The van der Waals surface area contributed by atoms with Crippen molar-refractivity contribution in [1.82, 2.24) is 0 Å². The molecule has 2 heterocycles. The van der Waals surface area contributed by atoms with Gasteiger partial charge >= 0.3 is 0 Å². The highest BCUT2D eigenvalue weighted by molar-refractivity contribution is 5.56. The van der Waals surface area contributed by atoms with Gasteiger partial charge in [-0.25, -0.2) is 0 Å². The van der Waals surface area contributed by atoms with Gasteiger partial charge in [0.05, 0.1) is 5.60 Å². The molecule has 1 unspecified atom stereocenters. The number of hydrogen-bond acceptors (Lipinski definition) is 3. The molecule has 1 atom stereocenters. The van der Waals surface area contributed by atoms with Gasteiger partial charge in [0.15, 0.2) is 0 Å².